The van der Waals surface area contributed by atoms with Gasteiger partial charge in [0.05, 0.1) is 19.8 Å². The van der Waals surface area contributed by atoms with E-state index in [2.05, 4.69) is 10.0 Å². The summed E-state index contributed by atoms with van der Waals surface area (Å²) in [5.41, 5.74) is 10.7. The van der Waals surface area contributed by atoms with E-state index in [1.54, 1.807) is 0 Å². The molecule has 1 aliphatic rings. The van der Waals surface area contributed by atoms with Crippen LogP contribution < -0.4 is 0 Å². The number of cyclic esters (lactones) is 1. The molecule has 8 heteroatoms. The molecule has 0 bridgehead atoms. The van der Waals surface area contributed by atoms with Gasteiger partial charge in [-0.15, -0.1) is 0 Å². The van der Waals surface area contributed by atoms with Gasteiger partial charge in [-0.25, -0.2) is 4.79 Å². The number of hydrogen-bond donors (Lipinski definition) is 1. The molecule has 28 heavy (non-hydrogen) atoms. The van der Waals surface area contributed by atoms with Crippen molar-refractivity contribution in [2.75, 3.05) is 6.61 Å². The molecule has 2 aromatic rings. The van der Waals surface area contributed by atoms with Gasteiger partial charge in [-0.1, -0.05) is 65.8 Å². The van der Waals surface area contributed by atoms with E-state index in [4.69, 9.17) is 19.7 Å². The molecule has 2 aromatic carbocycles. The Morgan fingerprint density at radius 2 is 1.68 bits per heavy atom. The number of aliphatic hydroxyl groups excluding tert-OH is 1. The van der Waals surface area contributed by atoms with Crippen molar-refractivity contribution in [2.45, 2.75) is 37.6 Å². The molecule has 0 amide bonds. The minimum absolute atomic E-state index is 0.0226. The van der Waals surface area contributed by atoms with Crippen LogP contribution in [0.1, 0.15) is 11.1 Å². The lowest BCUT2D eigenvalue weighted by atomic mass is 10.0. The molecule has 0 spiro atoms. The number of nitrogens with zero attached hydrogens (tertiary/aromatic N) is 3. The van der Waals surface area contributed by atoms with Crippen LogP contribution in [0.4, 0.5) is 0 Å². The van der Waals surface area contributed by atoms with Crippen LogP contribution >= 0.6 is 0 Å². The van der Waals surface area contributed by atoms with E-state index < -0.39 is 30.3 Å². The number of esters is 1. The summed E-state index contributed by atoms with van der Waals surface area (Å²) in [7, 11) is 0. The van der Waals surface area contributed by atoms with Gasteiger partial charge in [0.15, 0.2) is 6.10 Å². The number of benzene rings is 2. The van der Waals surface area contributed by atoms with Gasteiger partial charge in [0.2, 0.25) is 0 Å². The van der Waals surface area contributed by atoms with Gasteiger partial charge < -0.3 is 19.3 Å². The zero-order chi connectivity index (χ0) is 19.8. The minimum atomic E-state index is -1.45. The third-order valence-electron chi connectivity index (χ3n) is 4.39. The summed E-state index contributed by atoms with van der Waals surface area (Å²) >= 11 is 0. The molecule has 1 aliphatic heterocycles. The Morgan fingerprint density at radius 3 is 2.29 bits per heavy atom. The smallest absolute Gasteiger partial charge is 0.338 e. The second-order valence-electron chi connectivity index (χ2n) is 6.38. The Kier molecular flexibility index (Phi) is 7.00. The van der Waals surface area contributed by atoms with E-state index >= 15 is 0 Å². The number of ether oxygens (including phenoxy) is 3. The molecule has 1 saturated heterocycles. The first-order valence-corrected chi connectivity index (χ1v) is 8.89. The molecule has 1 heterocycles. The second kappa shape index (κ2) is 9.87. The third kappa shape index (κ3) is 5.09. The van der Waals surface area contributed by atoms with Crippen LogP contribution in [0, 0.1) is 0 Å². The van der Waals surface area contributed by atoms with Crippen LogP contribution in [0.15, 0.2) is 65.8 Å². The van der Waals surface area contributed by atoms with Gasteiger partial charge in [0.1, 0.15) is 18.2 Å². The summed E-state index contributed by atoms with van der Waals surface area (Å²) in [5.74, 6) is -0.802. The lowest BCUT2D eigenvalue weighted by Crippen LogP contribution is -2.41. The van der Waals surface area contributed by atoms with Gasteiger partial charge in [0.25, 0.3) is 0 Å². The predicted octanol–water partition coefficient (Wildman–Crippen LogP) is 2.75. The standard InChI is InChI=1S/C20H21N3O5/c21-23-22-16(13-26-11-14-7-3-1-4-8-14)18-19(17(24)20(25)28-18)27-12-15-9-5-2-6-10-15/h1-10,16-19,24H,11-13H2/t16-,17-,18+,19-/m0/s1. The number of azide groups is 1. The first-order chi connectivity index (χ1) is 13.7. The number of hydrogen-bond acceptors (Lipinski definition) is 6. The molecule has 0 radical (unpaired) electrons. The first kappa shape index (κ1) is 19.9. The zero-order valence-electron chi connectivity index (χ0n) is 15.1. The van der Waals surface area contributed by atoms with Crippen LogP contribution in [-0.4, -0.2) is 42.0 Å². The highest BCUT2D eigenvalue weighted by atomic mass is 16.6. The van der Waals surface area contributed by atoms with Crippen molar-refractivity contribution in [2.24, 2.45) is 5.11 Å². The highest BCUT2D eigenvalue weighted by molar-refractivity contribution is 5.78. The van der Waals surface area contributed by atoms with Gasteiger partial charge in [-0.2, -0.15) is 0 Å². The van der Waals surface area contributed by atoms with Crippen molar-refractivity contribution in [3.8, 4) is 0 Å². The summed E-state index contributed by atoms with van der Waals surface area (Å²) in [6.45, 7) is 0.523. The van der Waals surface area contributed by atoms with Crippen LogP contribution in [-0.2, 0) is 32.2 Å². The molecule has 8 nitrogen and oxygen atoms in total. The Hall–Kier alpha value is -2.90. The molecule has 0 aromatic heterocycles. The largest absolute Gasteiger partial charge is 0.457 e. The van der Waals surface area contributed by atoms with E-state index in [1.165, 1.54) is 0 Å². The lowest BCUT2D eigenvalue weighted by Gasteiger charge is -2.24. The molecule has 0 saturated carbocycles. The van der Waals surface area contributed by atoms with Crippen molar-refractivity contribution in [1.29, 1.82) is 0 Å². The number of carbonyl (C=O) groups excluding carboxylic acids is 1. The van der Waals surface area contributed by atoms with Crippen molar-refractivity contribution in [3.05, 3.63) is 82.2 Å². The van der Waals surface area contributed by atoms with Crippen molar-refractivity contribution < 1.29 is 24.1 Å². The summed E-state index contributed by atoms with van der Waals surface area (Å²) in [6.07, 6.45) is -3.33. The fraction of sp³-hybridized carbons (Fsp3) is 0.350. The van der Waals surface area contributed by atoms with Gasteiger partial charge in [-0.05, 0) is 16.7 Å². The van der Waals surface area contributed by atoms with Gasteiger partial charge in [0, 0.05) is 4.91 Å². The van der Waals surface area contributed by atoms with Crippen LogP contribution in [0.5, 0.6) is 0 Å². The average molecular weight is 383 g/mol. The maximum absolute atomic E-state index is 11.9. The van der Waals surface area contributed by atoms with Crippen LogP contribution in [0.2, 0.25) is 0 Å². The van der Waals surface area contributed by atoms with E-state index in [9.17, 15) is 9.90 Å². The number of carbonyl (C=O) groups is 1. The molecular formula is C20H21N3O5. The summed E-state index contributed by atoms with van der Waals surface area (Å²) < 4.78 is 16.6. The summed E-state index contributed by atoms with van der Waals surface area (Å²) in [4.78, 5) is 14.7. The molecule has 0 unspecified atom stereocenters. The average Bonchev–Trinajstić information content (AvgIpc) is 3.01. The Morgan fingerprint density at radius 1 is 1.07 bits per heavy atom. The maximum Gasteiger partial charge on any atom is 0.338 e. The second-order valence-corrected chi connectivity index (χ2v) is 6.38. The predicted molar refractivity (Wildman–Crippen MR) is 99.9 cm³/mol. The molecule has 3 rings (SSSR count). The Labute approximate surface area is 162 Å². The maximum atomic E-state index is 11.9. The summed E-state index contributed by atoms with van der Waals surface area (Å²) in [6, 6.07) is 18.0. The molecule has 146 valence electrons. The Balaban J connectivity index is 1.64. The quantitative estimate of drug-likeness (QED) is 0.309. The fourth-order valence-electron chi connectivity index (χ4n) is 2.97. The zero-order valence-corrected chi connectivity index (χ0v) is 15.1. The van der Waals surface area contributed by atoms with E-state index in [0.29, 0.717) is 6.61 Å². The topological polar surface area (TPSA) is 114 Å². The van der Waals surface area contributed by atoms with E-state index in [0.717, 1.165) is 11.1 Å². The van der Waals surface area contributed by atoms with Crippen molar-refractivity contribution in [3.63, 3.8) is 0 Å². The SMILES string of the molecule is [N-]=[N+]=N[C@@H](COCc1ccccc1)[C@H]1OC(=O)[C@@H](O)[C@@H]1OCc1ccccc1. The minimum Gasteiger partial charge on any atom is -0.457 e. The van der Waals surface area contributed by atoms with E-state index in [-0.39, 0.29) is 13.2 Å². The van der Waals surface area contributed by atoms with Crippen LogP contribution in [0.3, 0.4) is 0 Å². The third-order valence-corrected chi connectivity index (χ3v) is 4.39. The normalized spacial score (nSPS) is 22.3. The van der Waals surface area contributed by atoms with Gasteiger partial charge >= 0.3 is 5.97 Å². The highest BCUT2D eigenvalue weighted by Gasteiger charge is 2.48. The van der Waals surface area contributed by atoms with Crippen molar-refractivity contribution in [1.82, 2.24) is 0 Å². The van der Waals surface area contributed by atoms with Gasteiger partial charge in [-0.3, -0.25) is 0 Å². The molecule has 4 atom stereocenters. The fourth-order valence-corrected chi connectivity index (χ4v) is 2.97. The lowest BCUT2D eigenvalue weighted by molar-refractivity contribution is -0.148. The highest BCUT2D eigenvalue weighted by Crippen LogP contribution is 2.25. The number of aliphatic hydroxyl groups is 1. The molecular weight excluding hydrogens is 362 g/mol. The molecule has 0 aliphatic carbocycles. The number of rotatable bonds is 9. The molecule has 1 N–H and O–H groups in total. The van der Waals surface area contributed by atoms with Crippen molar-refractivity contribution >= 4 is 5.97 Å². The monoisotopic (exact) mass is 383 g/mol. The first-order valence-electron chi connectivity index (χ1n) is 8.89. The summed E-state index contributed by atoms with van der Waals surface area (Å²) in [5, 5.41) is 13.8. The van der Waals surface area contributed by atoms with E-state index in [1.807, 2.05) is 60.7 Å². The van der Waals surface area contributed by atoms with Crippen LogP contribution in [0.25, 0.3) is 10.4 Å². The molecule has 1 fully saturated rings. The Bertz CT molecular complexity index is 811.